The third-order valence-electron chi connectivity index (χ3n) is 3.59. The first kappa shape index (κ1) is 15.4. The summed E-state index contributed by atoms with van der Waals surface area (Å²) in [7, 11) is 3.75. The van der Waals surface area contributed by atoms with Gasteiger partial charge in [-0.25, -0.2) is 0 Å². The van der Waals surface area contributed by atoms with E-state index in [9.17, 15) is 4.79 Å². The second-order valence-corrected chi connectivity index (χ2v) is 6.44. The molecule has 0 aromatic rings. The number of amides is 1. The highest BCUT2D eigenvalue weighted by Crippen LogP contribution is 2.24. The van der Waals surface area contributed by atoms with Crippen LogP contribution in [-0.2, 0) is 4.79 Å². The number of rotatable bonds is 4. The van der Waals surface area contributed by atoms with E-state index in [-0.39, 0.29) is 11.4 Å². The van der Waals surface area contributed by atoms with Crippen molar-refractivity contribution in [1.82, 2.24) is 15.5 Å². The van der Waals surface area contributed by atoms with Crippen LogP contribution < -0.4 is 10.6 Å². The van der Waals surface area contributed by atoms with Crippen LogP contribution in [0.25, 0.3) is 0 Å². The van der Waals surface area contributed by atoms with Gasteiger partial charge in [0.25, 0.3) is 0 Å². The van der Waals surface area contributed by atoms with Gasteiger partial charge in [0.05, 0.1) is 6.54 Å². The number of hydrogen-bond donors (Lipinski definition) is 2. The molecule has 0 aromatic carbocycles. The fraction of sp³-hybridized carbons (Fsp3) is 0.929. The molecule has 2 N–H and O–H groups in total. The first-order valence-corrected chi connectivity index (χ1v) is 7.02. The third kappa shape index (κ3) is 4.94. The van der Waals surface area contributed by atoms with E-state index >= 15 is 0 Å². The minimum Gasteiger partial charge on any atom is -0.358 e. The maximum Gasteiger partial charge on any atom is 0.233 e. The summed E-state index contributed by atoms with van der Waals surface area (Å²) >= 11 is 0. The Hall–Kier alpha value is -0.610. The zero-order chi connectivity index (χ0) is 13.8. The Morgan fingerprint density at radius 1 is 1.28 bits per heavy atom. The van der Waals surface area contributed by atoms with Gasteiger partial charge in [-0.1, -0.05) is 12.8 Å². The second-order valence-electron chi connectivity index (χ2n) is 6.44. The Balaban J connectivity index is 2.61. The van der Waals surface area contributed by atoms with Gasteiger partial charge in [-0.15, -0.1) is 0 Å². The molecule has 1 fully saturated rings. The molecular formula is C14H29N3O. The molecule has 2 atom stereocenters. The predicted molar refractivity (Wildman–Crippen MR) is 75.6 cm³/mol. The maximum absolute atomic E-state index is 11.5. The third-order valence-corrected chi connectivity index (χ3v) is 3.59. The van der Waals surface area contributed by atoms with Gasteiger partial charge in [-0.05, 0) is 40.7 Å². The molecule has 0 unspecified atom stereocenters. The van der Waals surface area contributed by atoms with Crippen molar-refractivity contribution < 1.29 is 4.79 Å². The summed E-state index contributed by atoms with van der Waals surface area (Å²) in [6.07, 6.45) is 4.95. The number of hydrogen-bond acceptors (Lipinski definition) is 3. The van der Waals surface area contributed by atoms with Crippen LogP contribution in [-0.4, -0.2) is 49.1 Å². The van der Waals surface area contributed by atoms with Crippen LogP contribution in [0.1, 0.15) is 46.5 Å². The lowest BCUT2D eigenvalue weighted by Crippen LogP contribution is -2.56. The van der Waals surface area contributed by atoms with Crippen molar-refractivity contribution in [1.29, 1.82) is 0 Å². The first-order valence-electron chi connectivity index (χ1n) is 7.02. The van der Waals surface area contributed by atoms with Crippen molar-refractivity contribution in [2.45, 2.75) is 64.1 Å². The summed E-state index contributed by atoms with van der Waals surface area (Å²) in [5.74, 6) is 0.0950. The molecule has 0 radical (unpaired) electrons. The quantitative estimate of drug-likeness (QED) is 0.797. The zero-order valence-electron chi connectivity index (χ0n) is 12.5. The lowest BCUT2D eigenvalue weighted by molar-refractivity contribution is -0.122. The molecule has 1 saturated carbocycles. The molecule has 0 heterocycles. The molecule has 1 rings (SSSR count). The van der Waals surface area contributed by atoms with E-state index in [1.54, 1.807) is 7.05 Å². The van der Waals surface area contributed by atoms with E-state index in [0.29, 0.717) is 18.6 Å². The van der Waals surface area contributed by atoms with Crippen LogP contribution in [0.2, 0.25) is 0 Å². The van der Waals surface area contributed by atoms with Crippen molar-refractivity contribution in [3.05, 3.63) is 0 Å². The molecule has 0 aliphatic heterocycles. The molecule has 1 amide bonds. The Labute approximate surface area is 111 Å². The van der Waals surface area contributed by atoms with E-state index in [0.717, 1.165) is 0 Å². The van der Waals surface area contributed by atoms with Gasteiger partial charge in [-0.3, -0.25) is 9.69 Å². The Bertz CT molecular complexity index is 273. The molecule has 106 valence electrons. The van der Waals surface area contributed by atoms with Crippen LogP contribution in [0.3, 0.4) is 0 Å². The number of nitrogens with zero attached hydrogens (tertiary/aromatic N) is 1. The van der Waals surface area contributed by atoms with Crippen molar-refractivity contribution in [3.8, 4) is 0 Å². The van der Waals surface area contributed by atoms with Gasteiger partial charge in [0.2, 0.25) is 5.91 Å². The summed E-state index contributed by atoms with van der Waals surface area (Å²) in [4.78, 5) is 13.7. The van der Waals surface area contributed by atoms with Gasteiger partial charge >= 0.3 is 0 Å². The van der Waals surface area contributed by atoms with Gasteiger partial charge in [0, 0.05) is 24.7 Å². The predicted octanol–water partition coefficient (Wildman–Crippen LogP) is 1.36. The minimum atomic E-state index is 0.0950. The van der Waals surface area contributed by atoms with Crippen LogP contribution in [0.4, 0.5) is 0 Å². The van der Waals surface area contributed by atoms with Crippen LogP contribution >= 0.6 is 0 Å². The number of carbonyl (C=O) groups is 1. The maximum atomic E-state index is 11.5. The smallest absolute Gasteiger partial charge is 0.233 e. The van der Waals surface area contributed by atoms with Crippen LogP contribution in [0.5, 0.6) is 0 Å². The number of nitrogens with one attached hydrogen (secondary N) is 2. The van der Waals surface area contributed by atoms with E-state index in [2.05, 4.69) is 43.4 Å². The van der Waals surface area contributed by atoms with Gasteiger partial charge in [0.1, 0.15) is 0 Å². The molecule has 0 spiro atoms. The van der Waals surface area contributed by atoms with E-state index in [4.69, 9.17) is 0 Å². The van der Waals surface area contributed by atoms with Crippen LogP contribution in [0.15, 0.2) is 0 Å². The highest BCUT2D eigenvalue weighted by Gasteiger charge is 2.31. The summed E-state index contributed by atoms with van der Waals surface area (Å²) in [5.41, 5.74) is 0.133. The number of likely N-dealkylation sites (N-methyl/N-ethyl adjacent to an activating group) is 2. The molecule has 4 heteroatoms. The summed E-state index contributed by atoms with van der Waals surface area (Å²) in [5, 5.41) is 6.40. The van der Waals surface area contributed by atoms with Crippen LogP contribution in [0, 0.1) is 0 Å². The van der Waals surface area contributed by atoms with Crippen molar-refractivity contribution in [2.75, 3.05) is 20.6 Å². The average Bonchev–Trinajstić information content (AvgIpc) is 2.27. The summed E-state index contributed by atoms with van der Waals surface area (Å²) in [6, 6.07) is 0.962. The highest BCUT2D eigenvalue weighted by atomic mass is 16.1. The standard InChI is InChI=1S/C14H29N3O/c1-14(2,3)16-11-8-6-7-9-12(11)17(5)10-13(18)15-4/h11-12,16H,6-10H2,1-5H3,(H,15,18)/t11-,12-/m0/s1. The lowest BCUT2D eigenvalue weighted by Gasteiger charge is -2.41. The van der Waals surface area contributed by atoms with E-state index < -0.39 is 0 Å². The molecule has 4 nitrogen and oxygen atoms in total. The van der Waals surface area contributed by atoms with E-state index in [1.165, 1.54) is 25.7 Å². The fourth-order valence-electron chi connectivity index (χ4n) is 2.79. The summed E-state index contributed by atoms with van der Waals surface area (Å²) in [6.45, 7) is 7.11. The Morgan fingerprint density at radius 3 is 2.44 bits per heavy atom. The SMILES string of the molecule is CNC(=O)CN(C)[C@H]1CCCC[C@@H]1NC(C)(C)C. The van der Waals surface area contributed by atoms with Crippen molar-refractivity contribution >= 4 is 5.91 Å². The zero-order valence-corrected chi connectivity index (χ0v) is 12.5. The normalized spacial score (nSPS) is 25.2. The topological polar surface area (TPSA) is 44.4 Å². The molecule has 18 heavy (non-hydrogen) atoms. The summed E-state index contributed by atoms with van der Waals surface area (Å²) < 4.78 is 0. The largest absolute Gasteiger partial charge is 0.358 e. The van der Waals surface area contributed by atoms with Crippen molar-refractivity contribution in [3.63, 3.8) is 0 Å². The molecule has 1 aliphatic rings. The number of carbonyl (C=O) groups excluding carboxylic acids is 1. The Morgan fingerprint density at radius 2 is 1.89 bits per heavy atom. The molecule has 0 saturated heterocycles. The second kappa shape index (κ2) is 6.53. The minimum absolute atomic E-state index is 0.0950. The fourth-order valence-corrected chi connectivity index (χ4v) is 2.79. The van der Waals surface area contributed by atoms with E-state index in [1.807, 2.05) is 0 Å². The van der Waals surface area contributed by atoms with Gasteiger partial charge in [0.15, 0.2) is 0 Å². The molecule has 0 aromatic heterocycles. The van der Waals surface area contributed by atoms with Gasteiger partial charge < -0.3 is 10.6 Å². The molecular weight excluding hydrogens is 226 g/mol. The average molecular weight is 255 g/mol. The molecule has 1 aliphatic carbocycles. The lowest BCUT2D eigenvalue weighted by atomic mass is 9.87. The monoisotopic (exact) mass is 255 g/mol. The van der Waals surface area contributed by atoms with Gasteiger partial charge in [-0.2, -0.15) is 0 Å². The first-order chi connectivity index (χ1) is 8.33. The molecule has 0 bridgehead atoms. The van der Waals surface area contributed by atoms with Crippen molar-refractivity contribution in [2.24, 2.45) is 0 Å². The Kier molecular flexibility index (Phi) is 5.60. The highest BCUT2D eigenvalue weighted by molar-refractivity contribution is 5.77.